The average molecular weight is 319 g/mol. The number of H-pyrrole nitrogens is 1. The van der Waals surface area contributed by atoms with E-state index in [0.717, 1.165) is 11.3 Å². The number of imidazole rings is 1. The van der Waals surface area contributed by atoms with Crippen LogP contribution in [0.25, 0.3) is 11.3 Å². The molecule has 1 atom stereocenters. The van der Waals surface area contributed by atoms with Crippen molar-refractivity contribution in [1.29, 1.82) is 5.26 Å². The lowest BCUT2D eigenvalue weighted by Gasteiger charge is -2.08. The molecule has 0 saturated carbocycles. The quantitative estimate of drug-likeness (QED) is 0.448. The topological polar surface area (TPSA) is 131 Å². The zero-order valence-electron chi connectivity index (χ0n) is 11.6. The summed E-state index contributed by atoms with van der Waals surface area (Å²) in [6, 6.07) is 7.58. The number of nitrogens with zero attached hydrogens (tertiary/aromatic N) is 3. The van der Waals surface area contributed by atoms with E-state index >= 15 is 0 Å². The lowest BCUT2D eigenvalue weighted by molar-refractivity contribution is 0.498. The molecule has 0 bridgehead atoms. The maximum Gasteiger partial charge on any atom is 0.328 e. The minimum Gasteiger partial charge on any atom is -0.345 e. The zero-order chi connectivity index (χ0) is 16.2. The number of aliphatic imine (C=N–C) groups is 1. The number of benzene rings is 1. The third-order valence-corrected chi connectivity index (χ3v) is 3.38. The Balaban J connectivity index is 2.25. The van der Waals surface area contributed by atoms with Crippen molar-refractivity contribution in [3.63, 3.8) is 0 Å². The van der Waals surface area contributed by atoms with Crippen LogP contribution in [-0.4, -0.2) is 34.1 Å². The summed E-state index contributed by atoms with van der Waals surface area (Å²) in [4.78, 5) is 10.5. The Morgan fingerprint density at radius 2 is 2.14 bits per heavy atom. The number of rotatable bonds is 3. The molecule has 0 spiro atoms. The standard InChI is InChI=1S/C13H13N5O3S/c1-9(6-14)17-13(22(19,20)21)18-11-4-2-10(3-5-11)12-7-15-8-16-12/h2-5,7-9H,1H3,(H,15,16)(H,17,18)(H,19,20,21). The summed E-state index contributed by atoms with van der Waals surface area (Å²) in [5.74, 6) is 0. The predicted molar refractivity (Wildman–Crippen MR) is 81.7 cm³/mol. The van der Waals surface area contributed by atoms with Gasteiger partial charge in [0.05, 0.1) is 24.3 Å². The minimum absolute atomic E-state index is 0.407. The lowest BCUT2D eigenvalue weighted by atomic mass is 10.1. The molecule has 1 aromatic carbocycles. The smallest absolute Gasteiger partial charge is 0.328 e. The summed E-state index contributed by atoms with van der Waals surface area (Å²) >= 11 is 0. The van der Waals surface area contributed by atoms with E-state index in [4.69, 9.17) is 9.81 Å². The maximum atomic E-state index is 11.3. The Morgan fingerprint density at radius 3 is 2.64 bits per heavy atom. The second-order valence-corrected chi connectivity index (χ2v) is 5.72. The van der Waals surface area contributed by atoms with Crippen LogP contribution < -0.4 is 5.32 Å². The first kappa shape index (κ1) is 15.7. The molecule has 0 aliphatic heterocycles. The largest absolute Gasteiger partial charge is 0.345 e. The monoisotopic (exact) mass is 319 g/mol. The SMILES string of the molecule is CC(C#N)N=C(Nc1ccc(-c2cnc[nH]2)cc1)S(=O)(=O)O. The first-order chi connectivity index (χ1) is 10.4. The number of nitrogens with one attached hydrogen (secondary N) is 2. The Hall–Kier alpha value is -2.70. The van der Waals surface area contributed by atoms with Gasteiger partial charge >= 0.3 is 10.1 Å². The summed E-state index contributed by atoms with van der Waals surface area (Å²) in [5.41, 5.74) is 2.08. The van der Waals surface area contributed by atoms with Crippen LogP contribution in [0.1, 0.15) is 6.92 Å². The molecule has 0 fully saturated rings. The molecule has 0 amide bonds. The van der Waals surface area contributed by atoms with Crippen molar-refractivity contribution < 1.29 is 13.0 Å². The van der Waals surface area contributed by atoms with Crippen LogP contribution in [0.15, 0.2) is 41.8 Å². The molecule has 2 aromatic rings. The van der Waals surface area contributed by atoms with Crippen molar-refractivity contribution in [2.24, 2.45) is 4.99 Å². The Kier molecular flexibility index (Phi) is 4.55. The van der Waals surface area contributed by atoms with E-state index in [0.29, 0.717) is 5.69 Å². The van der Waals surface area contributed by atoms with E-state index in [-0.39, 0.29) is 0 Å². The first-order valence-corrected chi connectivity index (χ1v) is 7.65. The lowest BCUT2D eigenvalue weighted by Crippen LogP contribution is -2.24. The summed E-state index contributed by atoms with van der Waals surface area (Å²) in [5, 5.41) is 10.5. The van der Waals surface area contributed by atoms with Gasteiger partial charge in [-0.25, -0.2) is 9.98 Å². The third-order valence-electron chi connectivity index (χ3n) is 2.69. The van der Waals surface area contributed by atoms with Crippen LogP contribution in [0.3, 0.4) is 0 Å². The van der Waals surface area contributed by atoms with Crippen molar-refractivity contribution in [3.8, 4) is 17.3 Å². The molecule has 9 heteroatoms. The fourth-order valence-electron chi connectivity index (χ4n) is 1.64. The number of amidine groups is 1. The molecule has 0 saturated heterocycles. The number of hydrogen-bond donors (Lipinski definition) is 3. The molecule has 1 aromatic heterocycles. The highest BCUT2D eigenvalue weighted by atomic mass is 32.2. The molecule has 3 N–H and O–H groups in total. The molecular weight excluding hydrogens is 306 g/mol. The molecule has 22 heavy (non-hydrogen) atoms. The molecule has 2 rings (SSSR count). The maximum absolute atomic E-state index is 11.3. The second kappa shape index (κ2) is 6.38. The van der Waals surface area contributed by atoms with Crippen molar-refractivity contribution in [3.05, 3.63) is 36.8 Å². The van der Waals surface area contributed by atoms with Gasteiger partial charge in [0.25, 0.3) is 0 Å². The van der Waals surface area contributed by atoms with Crippen LogP contribution in [0.2, 0.25) is 0 Å². The summed E-state index contributed by atoms with van der Waals surface area (Å²) in [6.07, 6.45) is 3.20. The van der Waals surface area contributed by atoms with Crippen LogP contribution in [-0.2, 0) is 10.1 Å². The van der Waals surface area contributed by atoms with Crippen LogP contribution >= 0.6 is 0 Å². The predicted octanol–water partition coefficient (Wildman–Crippen LogP) is 1.64. The van der Waals surface area contributed by atoms with Crippen molar-refractivity contribution in [2.45, 2.75) is 13.0 Å². The summed E-state index contributed by atoms with van der Waals surface area (Å²) in [7, 11) is -4.55. The normalized spacial score (nSPS) is 13.4. The highest BCUT2D eigenvalue weighted by Gasteiger charge is 2.17. The highest BCUT2D eigenvalue weighted by Crippen LogP contribution is 2.19. The number of aromatic amines is 1. The second-order valence-electron chi connectivity index (χ2n) is 4.38. The van der Waals surface area contributed by atoms with Crippen molar-refractivity contribution in [1.82, 2.24) is 9.97 Å². The number of nitriles is 1. The van der Waals surface area contributed by atoms with Gasteiger partial charge in [0, 0.05) is 5.69 Å². The summed E-state index contributed by atoms with van der Waals surface area (Å²) < 4.78 is 31.7. The molecular formula is C13H13N5O3S. The molecule has 0 aliphatic carbocycles. The number of anilines is 1. The molecule has 0 radical (unpaired) electrons. The van der Waals surface area contributed by atoms with Gasteiger partial charge < -0.3 is 10.3 Å². The number of aromatic nitrogens is 2. The van der Waals surface area contributed by atoms with E-state index in [2.05, 4.69) is 20.3 Å². The summed E-state index contributed by atoms with van der Waals surface area (Å²) in [6.45, 7) is 1.41. The zero-order valence-corrected chi connectivity index (χ0v) is 12.4. The average Bonchev–Trinajstić information content (AvgIpc) is 3.00. The fraction of sp³-hybridized carbons (Fsp3) is 0.154. The van der Waals surface area contributed by atoms with Gasteiger partial charge in [-0.2, -0.15) is 13.7 Å². The van der Waals surface area contributed by atoms with Gasteiger partial charge in [0.1, 0.15) is 6.04 Å². The Bertz CT molecular complexity index is 804. The van der Waals surface area contributed by atoms with Gasteiger partial charge in [0.2, 0.25) is 5.17 Å². The van der Waals surface area contributed by atoms with E-state index in [1.54, 1.807) is 42.9 Å². The fourth-order valence-corrected chi connectivity index (χ4v) is 2.18. The van der Waals surface area contributed by atoms with Crippen molar-refractivity contribution in [2.75, 3.05) is 5.32 Å². The Labute approximate surface area is 127 Å². The van der Waals surface area contributed by atoms with Gasteiger partial charge in [-0.1, -0.05) is 12.1 Å². The molecule has 8 nitrogen and oxygen atoms in total. The molecule has 114 valence electrons. The van der Waals surface area contributed by atoms with Crippen LogP contribution in [0.5, 0.6) is 0 Å². The van der Waals surface area contributed by atoms with Gasteiger partial charge in [-0.15, -0.1) is 0 Å². The van der Waals surface area contributed by atoms with E-state index in [1.165, 1.54) is 6.92 Å². The van der Waals surface area contributed by atoms with E-state index in [9.17, 15) is 8.42 Å². The van der Waals surface area contributed by atoms with Crippen molar-refractivity contribution >= 4 is 21.0 Å². The first-order valence-electron chi connectivity index (χ1n) is 6.21. The molecule has 0 aliphatic rings. The van der Waals surface area contributed by atoms with Gasteiger partial charge in [-0.3, -0.25) is 4.55 Å². The van der Waals surface area contributed by atoms with E-state index < -0.39 is 21.3 Å². The Morgan fingerprint density at radius 1 is 1.45 bits per heavy atom. The van der Waals surface area contributed by atoms with Gasteiger partial charge in [0.15, 0.2) is 0 Å². The van der Waals surface area contributed by atoms with E-state index in [1.807, 2.05) is 0 Å². The van der Waals surface area contributed by atoms with Crippen LogP contribution in [0.4, 0.5) is 5.69 Å². The third kappa shape index (κ3) is 3.91. The van der Waals surface area contributed by atoms with Crippen LogP contribution in [0, 0.1) is 11.3 Å². The number of hydrogen-bond acceptors (Lipinski definition) is 5. The molecule has 1 heterocycles. The minimum atomic E-state index is -4.55. The molecule has 1 unspecified atom stereocenters. The highest BCUT2D eigenvalue weighted by molar-refractivity contribution is 8.01. The van der Waals surface area contributed by atoms with Gasteiger partial charge in [-0.05, 0) is 24.6 Å².